The standard InChI is InChI=1S/C51H32N2S/c1-3-14-33(15-4-1)34-26-28-35(29-27-34)46-32-47(53-50(52-46)36-16-5-2-6-17-36)41-22-13-25-44-49(41)54-48-31-38-19-8-7-18-37(38)30-45(48)51(44)42-23-11-9-20-39(42)40-21-10-12-24-43(40)51/h1-32H. The van der Waals surface area contributed by atoms with Gasteiger partial charge in [0.1, 0.15) is 0 Å². The average molecular weight is 705 g/mol. The van der Waals surface area contributed by atoms with Gasteiger partial charge in [-0.25, -0.2) is 9.97 Å². The van der Waals surface area contributed by atoms with Crippen molar-refractivity contribution in [3.8, 4) is 56.2 Å². The van der Waals surface area contributed by atoms with E-state index in [1.165, 1.54) is 65.1 Å². The molecule has 2 nitrogen and oxygen atoms in total. The number of aromatic nitrogens is 2. The summed E-state index contributed by atoms with van der Waals surface area (Å²) < 4.78 is 0. The molecule has 0 N–H and O–H groups in total. The van der Waals surface area contributed by atoms with E-state index in [-0.39, 0.29) is 0 Å². The molecule has 0 amide bonds. The van der Waals surface area contributed by atoms with Crippen molar-refractivity contribution in [1.29, 1.82) is 0 Å². The van der Waals surface area contributed by atoms with Crippen molar-refractivity contribution in [3.05, 3.63) is 216 Å². The molecule has 0 bridgehead atoms. The summed E-state index contributed by atoms with van der Waals surface area (Å²) in [7, 11) is 0. The lowest BCUT2D eigenvalue weighted by atomic mass is 9.66. The Morgan fingerprint density at radius 3 is 1.57 bits per heavy atom. The van der Waals surface area contributed by atoms with Crippen LogP contribution in [-0.4, -0.2) is 9.97 Å². The molecule has 1 spiro atoms. The number of nitrogens with zero attached hydrogens (tertiary/aromatic N) is 2. The fraction of sp³-hybridized carbons (Fsp3) is 0.0196. The molecule has 2 aliphatic rings. The van der Waals surface area contributed by atoms with Crippen molar-refractivity contribution in [1.82, 2.24) is 9.97 Å². The fourth-order valence-electron chi connectivity index (χ4n) is 8.72. The lowest BCUT2D eigenvalue weighted by Crippen LogP contribution is -2.32. The number of fused-ring (bicyclic) bond motifs is 10. The molecule has 0 fully saturated rings. The third kappa shape index (κ3) is 4.68. The second-order valence-corrected chi connectivity index (χ2v) is 15.1. The van der Waals surface area contributed by atoms with Crippen LogP contribution in [0.5, 0.6) is 0 Å². The van der Waals surface area contributed by atoms with Gasteiger partial charge in [0.2, 0.25) is 0 Å². The van der Waals surface area contributed by atoms with Crippen LogP contribution in [0.3, 0.4) is 0 Å². The SMILES string of the molecule is c1ccc(-c2ccc(-c3cc(-c4cccc5c4Sc4cc6ccccc6cc4C54c5ccccc5-c5ccccc54)nc(-c4ccccc4)n3)cc2)cc1. The number of hydrogen-bond donors (Lipinski definition) is 0. The summed E-state index contributed by atoms with van der Waals surface area (Å²) in [4.78, 5) is 13.1. The van der Waals surface area contributed by atoms with Crippen LogP contribution in [0.1, 0.15) is 22.3 Å². The van der Waals surface area contributed by atoms with Gasteiger partial charge in [-0.05, 0) is 73.5 Å². The Balaban J connectivity index is 1.17. The van der Waals surface area contributed by atoms with Crippen molar-refractivity contribution in [2.45, 2.75) is 15.2 Å². The molecule has 0 atom stereocenters. The zero-order valence-corrected chi connectivity index (χ0v) is 30.1. The van der Waals surface area contributed by atoms with E-state index in [0.29, 0.717) is 5.82 Å². The molecule has 11 rings (SSSR count). The summed E-state index contributed by atoms with van der Waals surface area (Å²) in [6.45, 7) is 0. The van der Waals surface area contributed by atoms with E-state index in [2.05, 4.69) is 188 Å². The minimum atomic E-state index is -0.492. The van der Waals surface area contributed by atoms with E-state index >= 15 is 0 Å². The van der Waals surface area contributed by atoms with E-state index in [9.17, 15) is 0 Å². The summed E-state index contributed by atoms with van der Waals surface area (Å²) >= 11 is 1.87. The van der Waals surface area contributed by atoms with Gasteiger partial charge in [-0.15, -0.1) is 0 Å². The summed E-state index contributed by atoms with van der Waals surface area (Å²) in [5, 5.41) is 2.50. The van der Waals surface area contributed by atoms with Gasteiger partial charge in [0.05, 0.1) is 16.8 Å². The molecule has 0 unspecified atom stereocenters. The molecule has 8 aromatic carbocycles. The summed E-state index contributed by atoms with van der Waals surface area (Å²) in [6.07, 6.45) is 0. The predicted molar refractivity (Wildman–Crippen MR) is 223 cm³/mol. The van der Waals surface area contributed by atoms with Crippen molar-refractivity contribution >= 4 is 22.5 Å². The first kappa shape index (κ1) is 31.0. The van der Waals surface area contributed by atoms with Crippen LogP contribution in [0.2, 0.25) is 0 Å². The van der Waals surface area contributed by atoms with Crippen LogP contribution in [0, 0.1) is 0 Å². The maximum Gasteiger partial charge on any atom is 0.160 e. The first-order chi connectivity index (χ1) is 26.8. The van der Waals surface area contributed by atoms with E-state index in [0.717, 1.165) is 28.1 Å². The molecule has 9 aromatic rings. The summed E-state index contributed by atoms with van der Waals surface area (Å²) in [5.41, 5.74) is 14.7. The highest BCUT2D eigenvalue weighted by Crippen LogP contribution is 2.63. The molecule has 2 heterocycles. The lowest BCUT2D eigenvalue weighted by molar-refractivity contribution is 0.725. The van der Waals surface area contributed by atoms with Crippen LogP contribution in [0.15, 0.2) is 204 Å². The minimum Gasteiger partial charge on any atom is -0.228 e. The Hall–Kier alpha value is -6.55. The zero-order chi connectivity index (χ0) is 35.6. The van der Waals surface area contributed by atoms with Gasteiger partial charge in [0.25, 0.3) is 0 Å². The van der Waals surface area contributed by atoms with Crippen molar-refractivity contribution in [2.24, 2.45) is 0 Å². The zero-order valence-electron chi connectivity index (χ0n) is 29.3. The Morgan fingerprint density at radius 2 is 0.870 bits per heavy atom. The highest BCUT2D eigenvalue weighted by Gasteiger charge is 2.50. The van der Waals surface area contributed by atoms with Gasteiger partial charge < -0.3 is 0 Å². The van der Waals surface area contributed by atoms with Crippen molar-refractivity contribution in [2.75, 3.05) is 0 Å². The molecule has 0 radical (unpaired) electrons. The second-order valence-electron chi connectivity index (χ2n) is 14.1. The van der Waals surface area contributed by atoms with Crippen LogP contribution in [0.4, 0.5) is 0 Å². The van der Waals surface area contributed by atoms with E-state index in [1.807, 2.05) is 17.8 Å². The predicted octanol–water partition coefficient (Wildman–Crippen LogP) is 13.1. The average Bonchev–Trinajstić information content (AvgIpc) is 3.54. The number of hydrogen-bond acceptors (Lipinski definition) is 3. The van der Waals surface area contributed by atoms with Crippen LogP contribution in [0.25, 0.3) is 66.9 Å². The first-order valence-corrected chi connectivity index (χ1v) is 19.2. The summed E-state index contributed by atoms with van der Waals surface area (Å²) in [6, 6.07) is 70.2. The normalized spacial score (nSPS) is 13.3. The largest absolute Gasteiger partial charge is 0.228 e. The first-order valence-electron chi connectivity index (χ1n) is 18.4. The molecular formula is C51H32N2S. The minimum absolute atomic E-state index is 0.492. The smallest absolute Gasteiger partial charge is 0.160 e. The van der Waals surface area contributed by atoms with Gasteiger partial charge in [0, 0.05) is 26.5 Å². The Morgan fingerprint density at radius 1 is 0.352 bits per heavy atom. The molecule has 1 aliphatic heterocycles. The molecule has 252 valence electrons. The van der Waals surface area contributed by atoms with Crippen LogP contribution in [-0.2, 0) is 5.41 Å². The Bertz CT molecular complexity index is 2850. The van der Waals surface area contributed by atoms with Gasteiger partial charge in [0.15, 0.2) is 5.82 Å². The highest BCUT2D eigenvalue weighted by atomic mass is 32.2. The van der Waals surface area contributed by atoms with Gasteiger partial charge in [-0.1, -0.05) is 188 Å². The quantitative estimate of drug-likeness (QED) is 0.182. The molecule has 1 aromatic heterocycles. The fourth-order valence-corrected chi connectivity index (χ4v) is 10.1. The molecule has 0 saturated heterocycles. The van der Waals surface area contributed by atoms with Crippen molar-refractivity contribution in [3.63, 3.8) is 0 Å². The van der Waals surface area contributed by atoms with Crippen LogP contribution < -0.4 is 0 Å². The monoisotopic (exact) mass is 704 g/mol. The van der Waals surface area contributed by atoms with Gasteiger partial charge in [-0.3, -0.25) is 0 Å². The lowest BCUT2D eigenvalue weighted by Gasteiger charge is -2.40. The third-order valence-electron chi connectivity index (χ3n) is 11.2. The van der Waals surface area contributed by atoms with E-state index < -0.39 is 5.41 Å². The maximum atomic E-state index is 5.36. The van der Waals surface area contributed by atoms with E-state index in [1.54, 1.807) is 0 Å². The second kappa shape index (κ2) is 12.3. The van der Waals surface area contributed by atoms with E-state index in [4.69, 9.17) is 9.97 Å². The topological polar surface area (TPSA) is 25.8 Å². The molecule has 1 aliphatic carbocycles. The summed E-state index contributed by atoms with van der Waals surface area (Å²) in [5.74, 6) is 0.714. The molecule has 3 heteroatoms. The maximum absolute atomic E-state index is 5.36. The number of rotatable bonds is 4. The van der Waals surface area contributed by atoms with Gasteiger partial charge >= 0.3 is 0 Å². The number of benzene rings is 8. The van der Waals surface area contributed by atoms with Crippen molar-refractivity contribution < 1.29 is 0 Å². The molecule has 0 saturated carbocycles. The van der Waals surface area contributed by atoms with Gasteiger partial charge in [-0.2, -0.15) is 0 Å². The Labute approximate surface area is 318 Å². The molecule has 54 heavy (non-hydrogen) atoms. The highest BCUT2D eigenvalue weighted by molar-refractivity contribution is 7.99. The molecular weight excluding hydrogens is 673 g/mol. The van der Waals surface area contributed by atoms with Crippen LogP contribution >= 0.6 is 11.8 Å². The Kier molecular flexibility index (Phi) is 7.05. The third-order valence-corrected chi connectivity index (χ3v) is 12.4.